The third-order valence-corrected chi connectivity index (χ3v) is 5.27. The summed E-state index contributed by atoms with van der Waals surface area (Å²) < 4.78 is 0. The number of carbonyl (C=O) groups is 1. The van der Waals surface area contributed by atoms with Gasteiger partial charge in [0.25, 0.3) is 5.91 Å². The molecule has 1 aliphatic heterocycles. The van der Waals surface area contributed by atoms with E-state index in [1.54, 1.807) is 11.6 Å². The van der Waals surface area contributed by atoms with Gasteiger partial charge in [0, 0.05) is 18.3 Å². The Bertz CT molecular complexity index is 872. The number of hydrogen-bond donors (Lipinski definition) is 3. The molecule has 0 radical (unpaired) electrons. The van der Waals surface area contributed by atoms with Crippen molar-refractivity contribution >= 4 is 29.6 Å². The summed E-state index contributed by atoms with van der Waals surface area (Å²) in [6.07, 6.45) is 8.91. The minimum atomic E-state index is -0.559. The van der Waals surface area contributed by atoms with Gasteiger partial charge < -0.3 is 10.2 Å². The third-order valence-electron chi connectivity index (χ3n) is 5.27. The van der Waals surface area contributed by atoms with Crippen LogP contribution in [0.5, 0.6) is 0 Å². The number of rotatable bonds is 8. The Morgan fingerprint density at radius 3 is 2.70 bits per heavy atom. The monoisotopic (exact) mass is 406 g/mol. The van der Waals surface area contributed by atoms with Gasteiger partial charge in [0.15, 0.2) is 0 Å². The molecule has 0 atom stereocenters. The lowest BCUT2D eigenvalue weighted by atomic mass is 10.0. The standard InChI is InChI=1S/C24H30N4O2/c1-28-16-13-21(14-17-28)26-22-11-9-20(10-12-24(29)27-30)18-23(22)25-15-5-8-19-6-3-2-4-7-19/h2-4,6-7,9-12,15,18,21,26,30H,5,8,13-14,16-17H2,1H3,(H,27,29). The molecule has 0 unspecified atom stereocenters. The van der Waals surface area contributed by atoms with Crippen LogP contribution >= 0.6 is 0 Å². The average Bonchev–Trinajstić information content (AvgIpc) is 2.78. The minimum Gasteiger partial charge on any atom is -0.380 e. The van der Waals surface area contributed by atoms with E-state index < -0.39 is 5.91 Å². The number of anilines is 1. The third kappa shape index (κ3) is 6.83. The number of aryl methyl sites for hydroxylation is 1. The van der Waals surface area contributed by atoms with Crippen molar-refractivity contribution in [3.05, 3.63) is 65.7 Å². The summed E-state index contributed by atoms with van der Waals surface area (Å²) in [6.45, 7) is 2.18. The van der Waals surface area contributed by atoms with E-state index in [9.17, 15) is 4.79 Å². The van der Waals surface area contributed by atoms with E-state index in [-0.39, 0.29) is 0 Å². The highest BCUT2D eigenvalue weighted by Gasteiger charge is 2.17. The van der Waals surface area contributed by atoms with Crippen molar-refractivity contribution in [1.29, 1.82) is 0 Å². The van der Waals surface area contributed by atoms with Gasteiger partial charge in [0.2, 0.25) is 0 Å². The lowest BCUT2D eigenvalue weighted by Crippen LogP contribution is -2.36. The Balaban J connectivity index is 1.72. The van der Waals surface area contributed by atoms with E-state index in [1.165, 1.54) is 11.6 Å². The Kier molecular flexibility index (Phi) is 8.18. The average molecular weight is 407 g/mol. The fourth-order valence-corrected chi connectivity index (χ4v) is 3.50. The molecular weight excluding hydrogens is 376 g/mol. The molecule has 2 aromatic rings. The molecule has 6 heteroatoms. The molecule has 3 N–H and O–H groups in total. The molecule has 1 aliphatic rings. The first-order valence-electron chi connectivity index (χ1n) is 10.4. The van der Waals surface area contributed by atoms with Gasteiger partial charge in [0.05, 0.1) is 11.4 Å². The molecule has 2 aromatic carbocycles. The quantitative estimate of drug-likeness (QED) is 0.268. The number of amides is 1. The number of likely N-dealkylation sites (tertiary alicyclic amines) is 1. The molecule has 1 saturated heterocycles. The van der Waals surface area contributed by atoms with Gasteiger partial charge in [-0.2, -0.15) is 0 Å². The van der Waals surface area contributed by atoms with Gasteiger partial charge in [0.1, 0.15) is 0 Å². The van der Waals surface area contributed by atoms with Gasteiger partial charge in [-0.15, -0.1) is 0 Å². The molecule has 0 spiro atoms. The molecule has 30 heavy (non-hydrogen) atoms. The molecule has 0 bridgehead atoms. The molecule has 6 nitrogen and oxygen atoms in total. The molecule has 0 saturated carbocycles. The highest BCUT2D eigenvalue weighted by Crippen LogP contribution is 2.29. The Morgan fingerprint density at radius 2 is 1.97 bits per heavy atom. The van der Waals surface area contributed by atoms with Crippen molar-refractivity contribution in [2.75, 3.05) is 25.5 Å². The first-order chi connectivity index (χ1) is 14.6. The summed E-state index contributed by atoms with van der Waals surface area (Å²) in [5, 5.41) is 12.3. The summed E-state index contributed by atoms with van der Waals surface area (Å²) in [7, 11) is 2.16. The second-order valence-corrected chi connectivity index (χ2v) is 7.64. The summed E-state index contributed by atoms with van der Waals surface area (Å²) in [5.41, 5.74) is 5.61. The van der Waals surface area contributed by atoms with Crippen LogP contribution in [0.1, 0.15) is 30.4 Å². The number of aliphatic imine (C=N–C) groups is 1. The van der Waals surface area contributed by atoms with E-state index in [0.29, 0.717) is 6.04 Å². The van der Waals surface area contributed by atoms with E-state index in [4.69, 9.17) is 10.2 Å². The lowest BCUT2D eigenvalue weighted by Gasteiger charge is -2.30. The highest BCUT2D eigenvalue weighted by atomic mass is 16.5. The van der Waals surface area contributed by atoms with Crippen molar-refractivity contribution in [2.45, 2.75) is 31.7 Å². The van der Waals surface area contributed by atoms with Crippen molar-refractivity contribution in [2.24, 2.45) is 4.99 Å². The molecule has 1 amide bonds. The molecule has 0 aromatic heterocycles. The van der Waals surface area contributed by atoms with Crippen molar-refractivity contribution < 1.29 is 10.0 Å². The van der Waals surface area contributed by atoms with Crippen LogP contribution in [0.2, 0.25) is 0 Å². The minimum absolute atomic E-state index is 0.432. The number of hydroxylamine groups is 1. The predicted octanol–water partition coefficient (Wildman–Crippen LogP) is 4.05. The van der Waals surface area contributed by atoms with E-state index >= 15 is 0 Å². The number of piperidine rings is 1. The van der Waals surface area contributed by atoms with Gasteiger partial charge >= 0.3 is 0 Å². The summed E-state index contributed by atoms with van der Waals surface area (Å²) >= 11 is 0. The first-order valence-corrected chi connectivity index (χ1v) is 10.4. The molecule has 1 heterocycles. The predicted molar refractivity (Wildman–Crippen MR) is 122 cm³/mol. The second-order valence-electron chi connectivity index (χ2n) is 7.64. The second kappa shape index (κ2) is 11.3. The van der Waals surface area contributed by atoms with Crippen molar-refractivity contribution in [1.82, 2.24) is 10.4 Å². The fraction of sp³-hybridized carbons (Fsp3) is 0.333. The van der Waals surface area contributed by atoms with E-state index in [2.05, 4.69) is 41.5 Å². The van der Waals surface area contributed by atoms with Crippen molar-refractivity contribution in [3.8, 4) is 0 Å². The van der Waals surface area contributed by atoms with Gasteiger partial charge in [-0.05, 0) is 75.2 Å². The molecule has 158 valence electrons. The van der Waals surface area contributed by atoms with Gasteiger partial charge in [-0.3, -0.25) is 15.0 Å². The number of carbonyl (C=O) groups excluding carboxylic acids is 1. The van der Waals surface area contributed by atoms with Crippen LogP contribution < -0.4 is 10.8 Å². The van der Waals surface area contributed by atoms with Gasteiger partial charge in [-0.25, -0.2) is 5.48 Å². The van der Waals surface area contributed by atoms with Crippen LogP contribution in [-0.2, 0) is 11.2 Å². The highest BCUT2D eigenvalue weighted by molar-refractivity contribution is 5.91. The fourth-order valence-electron chi connectivity index (χ4n) is 3.50. The van der Waals surface area contributed by atoms with Crippen LogP contribution in [0.3, 0.4) is 0 Å². The maximum atomic E-state index is 11.3. The molecule has 0 aliphatic carbocycles. The maximum Gasteiger partial charge on any atom is 0.267 e. The maximum absolute atomic E-state index is 11.3. The number of hydrogen-bond acceptors (Lipinski definition) is 5. The van der Waals surface area contributed by atoms with Crippen LogP contribution in [-0.4, -0.2) is 48.4 Å². The number of benzene rings is 2. The summed E-state index contributed by atoms with van der Waals surface area (Å²) in [6, 6.07) is 16.7. The largest absolute Gasteiger partial charge is 0.380 e. The summed E-state index contributed by atoms with van der Waals surface area (Å²) in [4.78, 5) is 18.4. The number of nitrogens with zero attached hydrogens (tertiary/aromatic N) is 2. The normalized spacial score (nSPS) is 15.7. The molecule has 1 fully saturated rings. The first kappa shape index (κ1) is 21.7. The van der Waals surface area contributed by atoms with E-state index in [0.717, 1.165) is 55.7 Å². The van der Waals surface area contributed by atoms with Crippen LogP contribution in [0.15, 0.2) is 59.6 Å². The summed E-state index contributed by atoms with van der Waals surface area (Å²) in [5.74, 6) is -0.559. The SMILES string of the molecule is CN1CCC(Nc2ccc(C=CC(=O)NO)cc2N=CCCc2ccccc2)CC1. The van der Waals surface area contributed by atoms with Crippen LogP contribution in [0, 0.1) is 0 Å². The van der Waals surface area contributed by atoms with Crippen LogP contribution in [0.4, 0.5) is 11.4 Å². The topological polar surface area (TPSA) is 77.0 Å². The smallest absolute Gasteiger partial charge is 0.267 e. The Morgan fingerprint density at radius 1 is 1.20 bits per heavy atom. The Labute approximate surface area is 178 Å². The Hall–Kier alpha value is -2.96. The zero-order valence-corrected chi connectivity index (χ0v) is 17.4. The zero-order chi connectivity index (χ0) is 21.2. The van der Waals surface area contributed by atoms with Crippen molar-refractivity contribution in [3.63, 3.8) is 0 Å². The van der Waals surface area contributed by atoms with Gasteiger partial charge in [-0.1, -0.05) is 36.4 Å². The number of nitrogens with one attached hydrogen (secondary N) is 2. The lowest BCUT2D eigenvalue weighted by molar-refractivity contribution is -0.124. The zero-order valence-electron chi connectivity index (χ0n) is 17.4. The van der Waals surface area contributed by atoms with Crippen LogP contribution in [0.25, 0.3) is 6.08 Å². The molecule has 3 rings (SSSR count). The molecular formula is C24H30N4O2. The van der Waals surface area contributed by atoms with E-state index in [1.807, 2.05) is 30.5 Å².